The minimum atomic E-state index is -4.82. The van der Waals surface area contributed by atoms with Gasteiger partial charge in [-0.25, -0.2) is 4.98 Å². The van der Waals surface area contributed by atoms with Crippen molar-refractivity contribution in [3.05, 3.63) is 21.0 Å². The Labute approximate surface area is 96.8 Å². The van der Waals surface area contributed by atoms with Crippen molar-refractivity contribution in [2.75, 3.05) is 0 Å². The molecular weight excluding hydrogens is 326 g/mol. The first-order chi connectivity index (χ1) is 6.83. The number of hydrogen-bond donors (Lipinski definition) is 0. The van der Waals surface area contributed by atoms with E-state index in [2.05, 4.69) is 9.72 Å². The minimum Gasteiger partial charge on any atom is -0.402 e. The van der Waals surface area contributed by atoms with E-state index in [9.17, 15) is 18.0 Å². The summed E-state index contributed by atoms with van der Waals surface area (Å²) in [6, 6.07) is 1.23. The summed E-state index contributed by atoms with van der Waals surface area (Å²) in [6.45, 7) is 1.58. The van der Waals surface area contributed by atoms with Gasteiger partial charge >= 0.3 is 6.36 Å². The Kier molecular flexibility index (Phi) is 3.53. The van der Waals surface area contributed by atoms with Gasteiger partial charge in [0.05, 0.1) is 5.56 Å². The molecule has 0 fully saturated rings. The molecule has 0 aliphatic heterocycles. The Balaban J connectivity index is 3.21. The lowest BCUT2D eigenvalue weighted by Gasteiger charge is -2.12. The van der Waals surface area contributed by atoms with E-state index in [1.165, 1.54) is 6.07 Å². The Hall–Kier alpha value is -0.860. The van der Waals surface area contributed by atoms with Gasteiger partial charge in [-0.15, -0.1) is 13.2 Å². The minimum absolute atomic E-state index is 0.00650. The first kappa shape index (κ1) is 12.2. The third-order valence-electron chi connectivity index (χ3n) is 1.43. The van der Waals surface area contributed by atoms with Crippen LogP contribution in [0.4, 0.5) is 13.2 Å². The summed E-state index contributed by atoms with van der Waals surface area (Å²) in [5.41, 5.74) is 0.292. The second-order valence-electron chi connectivity index (χ2n) is 2.64. The maximum absolute atomic E-state index is 12.0. The summed E-state index contributed by atoms with van der Waals surface area (Å²) in [6.07, 6.45) is -4.52. The summed E-state index contributed by atoms with van der Waals surface area (Å²) in [5, 5.41) is 0. The molecule has 1 rings (SSSR count). The van der Waals surface area contributed by atoms with Crippen molar-refractivity contribution in [1.29, 1.82) is 0 Å². The Morgan fingerprint density at radius 1 is 1.53 bits per heavy atom. The lowest BCUT2D eigenvalue weighted by atomic mass is 10.2. The molecule has 0 aliphatic carbocycles. The van der Waals surface area contributed by atoms with Crippen molar-refractivity contribution in [1.82, 2.24) is 4.98 Å². The smallest absolute Gasteiger partial charge is 0.402 e. The Morgan fingerprint density at radius 2 is 2.13 bits per heavy atom. The number of pyridine rings is 1. The van der Waals surface area contributed by atoms with Gasteiger partial charge in [0.2, 0.25) is 0 Å². The number of nitrogens with zero attached hydrogens (tertiary/aromatic N) is 1. The molecule has 0 N–H and O–H groups in total. The summed E-state index contributed by atoms with van der Waals surface area (Å²) in [7, 11) is 0. The number of aldehydes is 1. The lowest BCUT2D eigenvalue weighted by molar-refractivity contribution is -0.275. The number of halogens is 4. The first-order valence-corrected chi connectivity index (χ1v) is 4.79. The predicted octanol–water partition coefficient (Wildman–Crippen LogP) is 2.71. The molecule has 82 valence electrons. The summed E-state index contributed by atoms with van der Waals surface area (Å²) >= 11 is 1.58. The molecule has 0 bridgehead atoms. The molecule has 7 heteroatoms. The fourth-order valence-corrected chi connectivity index (χ4v) is 1.75. The molecule has 0 aliphatic rings. The highest BCUT2D eigenvalue weighted by molar-refractivity contribution is 14.1. The molecule has 0 saturated heterocycles. The van der Waals surface area contributed by atoms with Crippen LogP contribution >= 0.6 is 22.6 Å². The van der Waals surface area contributed by atoms with Crippen LogP contribution in [0.3, 0.4) is 0 Å². The average Bonchev–Trinajstić information content (AvgIpc) is 2.07. The van der Waals surface area contributed by atoms with Crippen molar-refractivity contribution < 1.29 is 22.7 Å². The van der Waals surface area contributed by atoms with Gasteiger partial charge in [0.1, 0.15) is 3.70 Å². The molecule has 15 heavy (non-hydrogen) atoms. The second-order valence-corrected chi connectivity index (χ2v) is 3.66. The highest BCUT2D eigenvalue weighted by Gasteiger charge is 2.33. The lowest BCUT2D eigenvalue weighted by Crippen LogP contribution is -2.19. The van der Waals surface area contributed by atoms with Crippen LogP contribution in [0.2, 0.25) is 0 Å². The van der Waals surface area contributed by atoms with Crippen molar-refractivity contribution in [3.8, 4) is 5.75 Å². The fourth-order valence-electron chi connectivity index (χ4n) is 0.952. The fraction of sp³-hybridized carbons (Fsp3) is 0.250. The van der Waals surface area contributed by atoms with E-state index in [1.54, 1.807) is 29.5 Å². The number of carbonyl (C=O) groups excluding carboxylic acids is 1. The van der Waals surface area contributed by atoms with Crippen LogP contribution in [0.25, 0.3) is 0 Å². The van der Waals surface area contributed by atoms with E-state index in [0.717, 1.165) is 0 Å². The highest BCUT2D eigenvalue weighted by atomic mass is 127. The Bertz CT molecular complexity index is 392. The second kappa shape index (κ2) is 4.33. The molecule has 3 nitrogen and oxygen atoms in total. The highest BCUT2D eigenvalue weighted by Crippen LogP contribution is 2.29. The standard InChI is InChI=1S/C8H5F3INO2/c1-4-2-5(3-14)6(7(12)13-4)15-8(9,10)11/h2-3H,1H3. The molecule has 1 aromatic rings. The number of aryl methyl sites for hydroxylation is 1. The average molecular weight is 331 g/mol. The van der Waals surface area contributed by atoms with Crippen LogP contribution < -0.4 is 4.74 Å². The normalized spacial score (nSPS) is 11.3. The van der Waals surface area contributed by atoms with E-state index in [-0.39, 0.29) is 9.26 Å². The number of rotatable bonds is 2. The first-order valence-electron chi connectivity index (χ1n) is 3.71. The maximum Gasteiger partial charge on any atom is 0.573 e. The van der Waals surface area contributed by atoms with E-state index < -0.39 is 12.1 Å². The summed E-state index contributed by atoms with van der Waals surface area (Å²) in [4.78, 5) is 14.3. The molecule has 0 atom stereocenters. The van der Waals surface area contributed by atoms with Gasteiger partial charge in [-0.05, 0) is 35.6 Å². The molecule has 0 aromatic carbocycles. The van der Waals surface area contributed by atoms with Gasteiger partial charge in [0, 0.05) is 5.69 Å². The third-order valence-corrected chi connectivity index (χ3v) is 2.16. The molecule has 0 spiro atoms. The number of alkyl halides is 3. The zero-order chi connectivity index (χ0) is 11.6. The molecule has 1 aromatic heterocycles. The van der Waals surface area contributed by atoms with E-state index in [4.69, 9.17) is 0 Å². The van der Waals surface area contributed by atoms with Crippen LogP contribution in [0.5, 0.6) is 5.75 Å². The Morgan fingerprint density at radius 3 is 2.60 bits per heavy atom. The van der Waals surface area contributed by atoms with Crippen LogP contribution in [-0.2, 0) is 0 Å². The molecule has 0 unspecified atom stereocenters. The number of aromatic nitrogens is 1. The van der Waals surface area contributed by atoms with Crippen molar-refractivity contribution in [2.45, 2.75) is 13.3 Å². The molecular formula is C8H5F3INO2. The molecule has 0 amide bonds. The van der Waals surface area contributed by atoms with Crippen LogP contribution in [-0.4, -0.2) is 17.6 Å². The maximum atomic E-state index is 12.0. The number of hydrogen-bond acceptors (Lipinski definition) is 3. The van der Waals surface area contributed by atoms with Crippen LogP contribution in [0, 0.1) is 10.6 Å². The topological polar surface area (TPSA) is 39.2 Å². The zero-order valence-electron chi connectivity index (χ0n) is 7.43. The number of ether oxygens (including phenoxy) is 1. The largest absolute Gasteiger partial charge is 0.573 e. The molecule has 0 saturated carbocycles. The van der Waals surface area contributed by atoms with Crippen molar-refractivity contribution >= 4 is 28.9 Å². The van der Waals surface area contributed by atoms with Gasteiger partial charge in [0.15, 0.2) is 12.0 Å². The van der Waals surface area contributed by atoms with Gasteiger partial charge < -0.3 is 4.74 Å². The molecule has 0 radical (unpaired) electrons. The monoisotopic (exact) mass is 331 g/mol. The summed E-state index contributed by atoms with van der Waals surface area (Å²) < 4.78 is 39.6. The van der Waals surface area contributed by atoms with Gasteiger partial charge in [-0.2, -0.15) is 0 Å². The van der Waals surface area contributed by atoms with Crippen molar-refractivity contribution in [2.24, 2.45) is 0 Å². The SMILES string of the molecule is Cc1cc(C=O)c(OC(F)(F)F)c(I)n1. The quantitative estimate of drug-likeness (QED) is 0.475. The third kappa shape index (κ3) is 3.33. The van der Waals surface area contributed by atoms with Crippen molar-refractivity contribution in [3.63, 3.8) is 0 Å². The number of carbonyl (C=O) groups is 1. The van der Waals surface area contributed by atoms with Gasteiger partial charge in [-0.1, -0.05) is 0 Å². The van der Waals surface area contributed by atoms with Gasteiger partial charge in [-0.3, -0.25) is 4.79 Å². The van der Waals surface area contributed by atoms with E-state index >= 15 is 0 Å². The predicted molar refractivity (Wildman–Crippen MR) is 53.8 cm³/mol. The van der Waals surface area contributed by atoms with E-state index in [0.29, 0.717) is 12.0 Å². The molecule has 1 heterocycles. The zero-order valence-corrected chi connectivity index (χ0v) is 9.59. The van der Waals surface area contributed by atoms with Crippen LogP contribution in [0.1, 0.15) is 16.1 Å². The van der Waals surface area contributed by atoms with Crippen LogP contribution in [0.15, 0.2) is 6.07 Å². The van der Waals surface area contributed by atoms with Gasteiger partial charge in [0.25, 0.3) is 0 Å². The van der Waals surface area contributed by atoms with E-state index in [1.807, 2.05) is 0 Å². The summed E-state index contributed by atoms with van der Waals surface area (Å²) in [5.74, 6) is -0.552.